The summed E-state index contributed by atoms with van der Waals surface area (Å²) in [5.74, 6) is -2.66. The Morgan fingerprint density at radius 1 is 0.355 bits per heavy atom. The van der Waals surface area contributed by atoms with Gasteiger partial charge < -0.3 is 59.2 Å². The van der Waals surface area contributed by atoms with Gasteiger partial charge in [-0.1, -0.05) is 109 Å². The molecule has 0 saturated heterocycles. The fraction of sp³-hybridized carbons (Fsp3) is 0.200. The summed E-state index contributed by atoms with van der Waals surface area (Å²) in [4.78, 5) is 109. The zero-order chi connectivity index (χ0) is 98.7. The molecule has 0 fully saturated rings. The van der Waals surface area contributed by atoms with Crippen molar-refractivity contribution < 1.29 is 84.4 Å². The minimum absolute atomic E-state index is 0.00937. The molecule has 0 bridgehead atoms. The van der Waals surface area contributed by atoms with Crippen LogP contribution in [0.1, 0.15) is 139 Å². The third-order valence-corrected chi connectivity index (χ3v) is 22.5. The molecule has 0 aliphatic rings. The normalized spacial score (nSPS) is 10.9. The Kier molecular flexibility index (Phi) is 32.0. The zero-order valence-electron chi connectivity index (χ0n) is 77.6. The molecule has 0 atom stereocenters. The van der Waals surface area contributed by atoms with E-state index in [4.69, 9.17) is 18.9 Å². The number of nitrogens with zero attached hydrogens (tertiary/aromatic N) is 9. The minimum Gasteiger partial charge on any atom is -0.493 e. The fourth-order valence-electron chi connectivity index (χ4n) is 15.8. The maximum absolute atomic E-state index is 14.2. The number of amides is 7. The predicted molar refractivity (Wildman–Crippen MR) is 516 cm³/mol. The van der Waals surface area contributed by atoms with E-state index in [0.29, 0.717) is 195 Å². The Morgan fingerprint density at radius 2 is 0.696 bits per heavy atom. The number of aromatic carboxylic acids is 1. The Morgan fingerprint density at radius 3 is 1.05 bits per heavy atom. The first-order valence-corrected chi connectivity index (χ1v) is 43.9. The first-order chi connectivity index (χ1) is 66.5. The van der Waals surface area contributed by atoms with Crippen LogP contribution in [0.3, 0.4) is 0 Å². The van der Waals surface area contributed by atoms with Gasteiger partial charge in [-0.2, -0.15) is 20.4 Å². The number of alkyl halides is 1. The van der Waals surface area contributed by atoms with Crippen LogP contribution >= 0.6 is 0 Å². The minimum atomic E-state index is -1.10. The molecule has 4 heterocycles. The molecule has 12 aromatic carbocycles. The Hall–Kier alpha value is -16.9. The van der Waals surface area contributed by atoms with E-state index >= 15 is 0 Å². The number of hydrogen-bond donors (Lipinski definition) is 7. The van der Waals surface area contributed by atoms with E-state index in [0.717, 1.165) is 16.7 Å². The van der Waals surface area contributed by atoms with E-state index in [1.54, 1.807) is 216 Å². The number of aromatic amines is 4. The van der Waals surface area contributed by atoms with Crippen molar-refractivity contribution in [1.82, 2.24) is 75.9 Å². The highest BCUT2D eigenvalue weighted by molar-refractivity contribution is 6.08. The molecule has 0 saturated carbocycles. The number of H-pyrrole nitrogens is 4. The molecule has 28 nitrogen and oxygen atoms in total. The third kappa shape index (κ3) is 22.4. The summed E-state index contributed by atoms with van der Waals surface area (Å²) in [7, 11) is 13.1. The average Bonchev–Trinajstić information content (AvgIpc) is 1.58. The van der Waals surface area contributed by atoms with E-state index in [2.05, 4.69) is 51.4 Å². The van der Waals surface area contributed by atoms with Crippen LogP contribution in [0.25, 0.3) is 88.1 Å². The lowest BCUT2D eigenvalue weighted by Crippen LogP contribution is -2.26. The van der Waals surface area contributed by atoms with E-state index in [9.17, 15) is 65.4 Å². The standard InChI is InChI=1S/C27H26F2N4O3.C27H27FN4O3.C26H25FN4O3.C25H22FN3O4/c1-4-36-24-12-17(7-9-20(24)16-8-10-23(29)21(11-16)26(34)30-2)27(35)33(3)15-19-6-5-18(13-28)22-14-31-32-25(19)22;1-5-35-23-15-18(12-13-21(23)17-8-6-10-20(28)14-17)26(33)32(4)16-19-9-7-11-22-24(19)29-30-25(22)27(34)31(2)3;1-4-34-22-14-17(11-12-20(22)16-7-5-9-19(27)13-16)26(33)31(3)15-18-8-6-10-21-23(18)29-30-24(21)25(32)28-2;1-3-33-21-13-16(10-11-19(21)15-6-4-8-18(26)12-15)24(30)29(2)14-17-7-5-9-20-22(17)27-28-23(20)25(31)32/h5-12,14H,4,13,15H2,1-3H3,(H,30,34)(H,31,32);6-15H,5,16H2,1-4H3,(H,29,30);5-14H,4,15H2,1-3H3,(H,28,32)(H,29,30);4-13H,3,14H2,1-2H3,(H,27,28)(H,31,32). The molecule has 4 aromatic heterocycles. The second-order valence-corrected chi connectivity index (χ2v) is 32.0. The highest BCUT2D eigenvalue weighted by atomic mass is 19.1. The molecule has 16 rings (SSSR count). The average molecular weight is 1880 g/mol. The molecule has 0 radical (unpaired) electrons. The Balaban J connectivity index is 0.000000155. The van der Waals surface area contributed by atoms with Crippen LogP contribution in [-0.4, -0.2) is 201 Å². The number of carboxylic acid groups (broad SMARTS) is 1. The van der Waals surface area contributed by atoms with Gasteiger partial charge in [0.05, 0.1) is 60.3 Å². The number of benzene rings is 12. The third-order valence-electron chi connectivity index (χ3n) is 22.5. The molecule has 138 heavy (non-hydrogen) atoms. The van der Waals surface area contributed by atoms with Crippen molar-refractivity contribution in [3.05, 3.63) is 333 Å². The summed E-state index contributed by atoms with van der Waals surface area (Å²) >= 11 is 0. The maximum Gasteiger partial charge on any atom is 0.354 e. The molecule has 33 heteroatoms. The molecule has 16 aromatic rings. The van der Waals surface area contributed by atoms with Crippen molar-refractivity contribution in [3.63, 3.8) is 0 Å². The van der Waals surface area contributed by atoms with Crippen LogP contribution < -0.4 is 29.6 Å². The number of carbonyl (C=O) groups is 8. The van der Waals surface area contributed by atoms with Crippen LogP contribution in [-0.2, 0) is 32.9 Å². The molecule has 708 valence electrons. The van der Waals surface area contributed by atoms with E-state index < -0.39 is 24.4 Å². The van der Waals surface area contributed by atoms with Gasteiger partial charge >= 0.3 is 5.97 Å². The zero-order valence-corrected chi connectivity index (χ0v) is 77.6. The summed E-state index contributed by atoms with van der Waals surface area (Å²) in [5, 5.41) is 44.7. The predicted octanol–water partition coefficient (Wildman–Crippen LogP) is 18.7. The van der Waals surface area contributed by atoms with Crippen LogP contribution in [0.2, 0.25) is 0 Å². The summed E-state index contributed by atoms with van der Waals surface area (Å²) in [6.45, 7) is 9.43. The lowest BCUT2D eigenvalue weighted by Gasteiger charge is -2.19. The van der Waals surface area contributed by atoms with Crippen molar-refractivity contribution in [2.75, 3.05) is 82.8 Å². The SMILES string of the molecule is CCOc1cc(C(=O)N(C)Cc2ccc(CF)c3cn[nH]c23)ccc1-c1ccc(F)c(C(=O)NC)c1.CCOc1cc(C(=O)N(C)Cc2cccc3c(C(=O)N(C)C)[nH]nc23)ccc1-c1cccc(F)c1.CCOc1cc(C(=O)N(C)Cc2cccc3c(C(=O)NC)[nH]nc23)ccc1-c1cccc(F)c1.CCOc1cc(C(=O)N(C)Cc2cccc3c(C(=O)O)[nH]nc23)ccc1-c1cccc(F)c1. The number of rotatable bonds is 29. The highest BCUT2D eigenvalue weighted by Crippen LogP contribution is 2.39. The van der Waals surface area contributed by atoms with Crippen LogP contribution in [0.15, 0.2) is 237 Å². The largest absolute Gasteiger partial charge is 0.493 e. The molecule has 7 N–H and O–H groups in total. The van der Waals surface area contributed by atoms with E-state index in [1.807, 2.05) is 64.1 Å². The summed E-state index contributed by atoms with van der Waals surface area (Å²) < 4.78 is 91.7. The number of fused-ring (bicyclic) bond motifs is 4. The second kappa shape index (κ2) is 44.8. The number of para-hydroxylation sites is 3. The molecule has 0 aliphatic heterocycles. The molecular weight excluding hydrogens is 1770 g/mol. The maximum atomic E-state index is 14.2. The monoisotopic (exact) mass is 1870 g/mol. The van der Waals surface area contributed by atoms with Crippen molar-refractivity contribution in [1.29, 1.82) is 0 Å². The number of aromatic nitrogens is 8. The molecular formula is C105H100F5N15O13. The quantitative estimate of drug-likeness (QED) is 0.0214. The van der Waals surface area contributed by atoms with Crippen LogP contribution in [0.5, 0.6) is 23.0 Å². The number of carbonyl (C=O) groups excluding carboxylic acids is 7. The summed E-state index contributed by atoms with van der Waals surface area (Å²) in [5.41, 5.74) is 13.9. The van der Waals surface area contributed by atoms with Gasteiger partial charge in [0, 0.05) is 149 Å². The topological polar surface area (TPSA) is 349 Å². The van der Waals surface area contributed by atoms with Gasteiger partial charge in [0.25, 0.3) is 41.4 Å². The number of halogens is 5. The van der Waals surface area contributed by atoms with Crippen LogP contribution in [0, 0.1) is 23.3 Å². The first kappa shape index (κ1) is 98.6. The van der Waals surface area contributed by atoms with Crippen molar-refractivity contribution in [2.45, 2.75) is 60.5 Å². The second-order valence-electron chi connectivity index (χ2n) is 32.0. The van der Waals surface area contributed by atoms with Gasteiger partial charge in [-0.15, -0.1) is 0 Å². The van der Waals surface area contributed by atoms with Crippen LogP contribution in [0.4, 0.5) is 22.0 Å². The lowest BCUT2D eigenvalue weighted by atomic mass is 9.99. The molecule has 7 amide bonds. The van der Waals surface area contributed by atoms with Crippen molar-refractivity contribution in [3.8, 4) is 67.5 Å². The van der Waals surface area contributed by atoms with Crippen molar-refractivity contribution in [2.24, 2.45) is 0 Å². The number of carboxylic acids is 1. The van der Waals surface area contributed by atoms with Gasteiger partial charge in [0.2, 0.25) is 0 Å². The first-order valence-electron chi connectivity index (χ1n) is 43.9. The number of hydrogen-bond acceptors (Lipinski definition) is 16. The van der Waals surface area contributed by atoms with E-state index in [1.165, 1.54) is 65.4 Å². The Labute approximate surface area is 790 Å². The smallest absolute Gasteiger partial charge is 0.354 e. The molecule has 0 spiro atoms. The summed E-state index contributed by atoms with van der Waals surface area (Å²) in [6, 6.07) is 63.2. The van der Waals surface area contributed by atoms with Gasteiger partial charge in [0.15, 0.2) is 5.69 Å². The van der Waals surface area contributed by atoms with E-state index in [-0.39, 0.29) is 77.2 Å². The fourth-order valence-corrected chi connectivity index (χ4v) is 15.8. The van der Waals surface area contributed by atoms with Gasteiger partial charge in [-0.25, -0.2) is 26.7 Å². The lowest BCUT2D eigenvalue weighted by molar-refractivity contribution is 0.0689. The summed E-state index contributed by atoms with van der Waals surface area (Å²) in [6.07, 6.45) is 1.58. The molecule has 0 unspecified atom stereocenters. The molecule has 0 aliphatic carbocycles. The van der Waals surface area contributed by atoms with Gasteiger partial charge in [-0.3, -0.25) is 54.0 Å². The Bertz CT molecular complexity index is 7240. The van der Waals surface area contributed by atoms with Crippen molar-refractivity contribution >= 4 is 90.9 Å². The number of nitrogens with one attached hydrogen (secondary N) is 6. The number of ether oxygens (including phenoxy) is 4. The van der Waals surface area contributed by atoms with Gasteiger partial charge in [0.1, 0.15) is 64.3 Å². The van der Waals surface area contributed by atoms with Gasteiger partial charge in [-0.05, 0) is 199 Å². The highest BCUT2D eigenvalue weighted by Gasteiger charge is 2.27.